The van der Waals surface area contributed by atoms with E-state index in [-0.39, 0.29) is 8.61 Å². The molecule has 0 amide bonds. The molecule has 0 aliphatic rings. The molecule has 0 saturated carbocycles. The first kappa shape index (κ1) is 6.17. The van der Waals surface area contributed by atoms with Crippen molar-refractivity contribution in [2.45, 2.75) is 0 Å². The van der Waals surface area contributed by atoms with Crippen LogP contribution in [0.5, 0.6) is 0 Å². The number of nitrogens with one attached hydrogen (secondary N) is 1. The minimum absolute atomic E-state index is 0.118. The quantitative estimate of drug-likeness (QED) is 0.635. The maximum atomic E-state index is 9.92. The summed E-state index contributed by atoms with van der Waals surface area (Å²) in [7, 11) is -0.118. The smallest absolute Gasteiger partial charge is 0.280 e. The van der Waals surface area contributed by atoms with Gasteiger partial charge in [-0.15, -0.1) is 0 Å². The van der Waals surface area contributed by atoms with Crippen LogP contribution in [0, 0.1) is 0 Å². The summed E-state index contributed by atoms with van der Waals surface area (Å²) in [6.45, 7) is 0. The molecule has 1 aromatic rings. The Morgan fingerprint density at radius 1 is 1.56 bits per heavy atom. The number of rotatable bonds is 2. The van der Waals surface area contributed by atoms with E-state index in [1.165, 1.54) is 0 Å². The van der Waals surface area contributed by atoms with Crippen molar-refractivity contribution in [1.82, 2.24) is 4.98 Å². The maximum absolute atomic E-state index is 9.92. The summed E-state index contributed by atoms with van der Waals surface area (Å²) >= 11 is 0. The van der Waals surface area contributed by atoms with Crippen molar-refractivity contribution in [2.75, 3.05) is 5.09 Å². The first-order chi connectivity index (χ1) is 4.43. The van der Waals surface area contributed by atoms with Crippen LogP contribution in [0.15, 0.2) is 24.4 Å². The Bertz CT molecular complexity index is 189. The molecule has 1 heterocycles. The molecule has 0 radical (unpaired) electrons. The van der Waals surface area contributed by atoms with Crippen LogP contribution in [0.4, 0.5) is 5.82 Å². The fraction of sp³-hybridized carbons (Fsp3) is 0. The van der Waals surface area contributed by atoms with Gasteiger partial charge in [0, 0.05) is 6.20 Å². The van der Waals surface area contributed by atoms with Crippen LogP contribution in [0.25, 0.3) is 0 Å². The van der Waals surface area contributed by atoms with Gasteiger partial charge >= 0.3 is 0 Å². The predicted molar refractivity (Wildman–Crippen MR) is 35.5 cm³/mol. The highest BCUT2D eigenvalue weighted by atomic mass is 31.1. The zero-order valence-corrected chi connectivity index (χ0v) is 5.51. The Kier molecular flexibility index (Phi) is 2.16. The summed E-state index contributed by atoms with van der Waals surface area (Å²) in [5.74, 6) is 0.620. The van der Waals surface area contributed by atoms with E-state index in [0.29, 0.717) is 5.82 Å². The van der Waals surface area contributed by atoms with Crippen LogP contribution in [0.3, 0.4) is 0 Å². The standard InChI is InChI=1S/C5H5N2OP/c8-9-7-5-3-1-2-4-6-5/h1-4H,(H,6,7,8). The van der Waals surface area contributed by atoms with Gasteiger partial charge in [0.15, 0.2) is 0 Å². The molecular weight excluding hydrogens is 135 g/mol. The molecule has 0 saturated heterocycles. The van der Waals surface area contributed by atoms with E-state index in [1.54, 1.807) is 18.3 Å². The molecular formula is C5H5N2OP. The van der Waals surface area contributed by atoms with Gasteiger partial charge < -0.3 is 0 Å². The SMILES string of the molecule is O=PNc1ccccn1. The van der Waals surface area contributed by atoms with Gasteiger partial charge in [0.1, 0.15) is 5.82 Å². The van der Waals surface area contributed by atoms with Crippen LogP contribution in [0.2, 0.25) is 0 Å². The molecule has 9 heavy (non-hydrogen) atoms. The van der Waals surface area contributed by atoms with E-state index in [0.717, 1.165) is 0 Å². The predicted octanol–water partition coefficient (Wildman–Crippen LogP) is 1.70. The number of hydrogen-bond acceptors (Lipinski definition) is 2. The fourth-order valence-electron chi connectivity index (χ4n) is 0.476. The van der Waals surface area contributed by atoms with Gasteiger partial charge in [-0.1, -0.05) is 6.07 Å². The lowest BCUT2D eigenvalue weighted by Crippen LogP contribution is -1.81. The van der Waals surface area contributed by atoms with Crippen molar-refractivity contribution < 1.29 is 4.57 Å². The second-order valence-electron chi connectivity index (χ2n) is 1.42. The van der Waals surface area contributed by atoms with Crippen LogP contribution in [0.1, 0.15) is 0 Å². The third kappa shape index (κ3) is 1.78. The molecule has 0 spiro atoms. The van der Waals surface area contributed by atoms with E-state index in [9.17, 15) is 4.57 Å². The Morgan fingerprint density at radius 2 is 2.44 bits per heavy atom. The number of anilines is 1. The number of nitrogens with zero attached hydrogens (tertiary/aromatic N) is 1. The molecule has 0 aliphatic carbocycles. The van der Waals surface area contributed by atoms with Crippen LogP contribution in [-0.2, 0) is 4.57 Å². The van der Waals surface area contributed by atoms with Crippen molar-refractivity contribution >= 4 is 14.4 Å². The topological polar surface area (TPSA) is 42.0 Å². The van der Waals surface area contributed by atoms with Crippen LogP contribution >= 0.6 is 8.61 Å². The van der Waals surface area contributed by atoms with Crippen LogP contribution in [-0.4, -0.2) is 4.98 Å². The zero-order chi connectivity index (χ0) is 6.53. The summed E-state index contributed by atoms with van der Waals surface area (Å²) in [6.07, 6.45) is 1.63. The molecule has 1 rings (SSSR count). The first-order valence-corrected chi connectivity index (χ1v) is 3.24. The summed E-state index contributed by atoms with van der Waals surface area (Å²) < 4.78 is 9.92. The van der Waals surface area contributed by atoms with E-state index in [4.69, 9.17) is 0 Å². The van der Waals surface area contributed by atoms with E-state index in [1.807, 2.05) is 6.07 Å². The van der Waals surface area contributed by atoms with Crippen molar-refractivity contribution in [2.24, 2.45) is 0 Å². The summed E-state index contributed by atoms with van der Waals surface area (Å²) in [6, 6.07) is 5.36. The van der Waals surface area contributed by atoms with Gasteiger partial charge in [-0.2, -0.15) is 0 Å². The fourth-order valence-corrected chi connectivity index (χ4v) is 0.701. The number of aromatic nitrogens is 1. The molecule has 0 aromatic carbocycles. The van der Waals surface area contributed by atoms with Crippen LogP contribution < -0.4 is 5.09 Å². The minimum Gasteiger partial charge on any atom is -0.289 e. The highest BCUT2D eigenvalue weighted by molar-refractivity contribution is 7.25. The van der Waals surface area contributed by atoms with Gasteiger partial charge in [-0.3, -0.25) is 5.09 Å². The second-order valence-corrected chi connectivity index (χ2v) is 1.82. The van der Waals surface area contributed by atoms with Gasteiger partial charge in [0.2, 0.25) is 0 Å². The Morgan fingerprint density at radius 3 is 3.00 bits per heavy atom. The third-order valence-corrected chi connectivity index (χ3v) is 1.15. The highest BCUT2D eigenvalue weighted by Gasteiger charge is 1.84. The van der Waals surface area contributed by atoms with Gasteiger partial charge in [0.25, 0.3) is 8.61 Å². The zero-order valence-electron chi connectivity index (χ0n) is 4.61. The maximum Gasteiger partial charge on any atom is 0.280 e. The van der Waals surface area contributed by atoms with E-state index in [2.05, 4.69) is 10.1 Å². The lowest BCUT2D eigenvalue weighted by Gasteiger charge is -1.90. The summed E-state index contributed by atoms with van der Waals surface area (Å²) in [5, 5.41) is 2.51. The number of hydrogen-bond donors (Lipinski definition) is 1. The van der Waals surface area contributed by atoms with Gasteiger partial charge in [-0.05, 0) is 12.1 Å². The van der Waals surface area contributed by atoms with Gasteiger partial charge in [-0.25, -0.2) is 9.55 Å². The lowest BCUT2D eigenvalue weighted by atomic mass is 10.5. The molecule has 0 aliphatic heterocycles. The Labute approximate surface area is 54.4 Å². The molecule has 1 N–H and O–H groups in total. The van der Waals surface area contributed by atoms with Gasteiger partial charge in [0.05, 0.1) is 0 Å². The molecule has 0 atom stereocenters. The lowest BCUT2D eigenvalue weighted by molar-refractivity contribution is 0.601. The Hall–Kier alpha value is -0.950. The molecule has 3 nitrogen and oxygen atoms in total. The number of pyridine rings is 1. The van der Waals surface area contributed by atoms with Crippen molar-refractivity contribution in [1.29, 1.82) is 0 Å². The van der Waals surface area contributed by atoms with E-state index >= 15 is 0 Å². The molecule has 46 valence electrons. The minimum atomic E-state index is -0.118. The normalized spacial score (nSPS) is 9.33. The monoisotopic (exact) mass is 140 g/mol. The van der Waals surface area contributed by atoms with Crippen molar-refractivity contribution in [3.63, 3.8) is 0 Å². The molecule has 1 aromatic heterocycles. The average Bonchev–Trinajstić information content (AvgIpc) is 1.91. The third-order valence-electron chi connectivity index (χ3n) is 0.825. The van der Waals surface area contributed by atoms with Crippen molar-refractivity contribution in [3.05, 3.63) is 24.4 Å². The van der Waals surface area contributed by atoms with Crippen molar-refractivity contribution in [3.8, 4) is 0 Å². The average molecular weight is 140 g/mol. The first-order valence-electron chi connectivity index (χ1n) is 2.43. The summed E-state index contributed by atoms with van der Waals surface area (Å²) in [5.41, 5.74) is 0. The van der Waals surface area contributed by atoms with E-state index < -0.39 is 0 Å². The summed E-state index contributed by atoms with van der Waals surface area (Å²) in [4.78, 5) is 3.85. The highest BCUT2D eigenvalue weighted by Crippen LogP contribution is 2.03. The largest absolute Gasteiger partial charge is 0.289 e. The molecule has 0 bridgehead atoms. The molecule has 4 heteroatoms. The molecule has 0 fully saturated rings. The Balaban J connectivity index is 2.72. The second kappa shape index (κ2) is 3.15. The molecule has 0 unspecified atom stereocenters.